The Morgan fingerprint density at radius 3 is 2.48 bits per heavy atom. The molecule has 1 amide bonds. The molecule has 1 fully saturated rings. The molecule has 0 aromatic heterocycles. The van der Waals surface area contributed by atoms with Gasteiger partial charge in [0.1, 0.15) is 5.82 Å². The van der Waals surface area contributed by atoms with Crippen molar-refractivity contribution in [2.75, 3.05) is 12.4 Å². The first-order chi connectivity index (χ1) is 14.8. The van der Waals surface area contributed by atoms with Gasteiger partial charge < -0.3 is 16.0 Å². The van der Waals surface area contributed by atoms with E-state index in [1.165, 1.54) is 7.05 Å². The number of carbonyl (C=O) groups is 1. The van der Waals surface area contributed by atoms with Gasteiger partial charge >= 0.3 is 6.18 Å². The second-order valence-corrected chi connectivity index (χ2v) is 7.40. The van der Waals surface area contributed by atoms with Crippen molar-refractivity contribution in [1.29, 1.82) is 0 Å². The highest BCUT2D eigenvalue weighted by Gasteiger charge is 2.33. The number of hydrogen-bond acceptors (Lipinski definition) is 2. The van der Waals surface area contributed by atoms with Gasteiger partial charge in [0.15, 0.2) is 5.96 Å². The number of halogens is 4. The molecule has 0 aliphatic heterocycles. The quantitative estimate of drug-likeness (QED) is 0.356. The predicted molar refractivity (Wildman–Crippen MR) is 111 cm³/mol. The van der Waals surface area contributed by atoms with Crippen LogP contribution in [-0.4, -0.2) is 18.9 Å². The molecule has 0 heterocycles. The van der Waals surface area contributed by atoms with E-state index in [0.717, 1.165) is 37.0 Å². The van der Waals surface area contributed by atoms with E-state index in [1.807, 2.05) is 18.2 Å². The van der Waals surface area contributed by atoms with Gasteiger partial charge in [0, 0.05) is 31.7 Å². The van der Waals surface area contributed by atoms with Crippen LogP contribution in [0.5, 0.6) is 0 Å². The molecule has 3 N–H and O–H groups in total. The Bertz CT molecular complexity index is 955. The summed E-state index contributed by atoms with van der Waals surface area (Å²) in [5.74, 6) is -0.546. The maximum Gasteiger partial charge on any atom is 0.416 e. The average Bonchev–Trinajstić information content (AvgIpc) is 2.67. The monoisotopic (exact) mass is 436 g/mol. The largest absolute Gasteiger partial charge is 0.416 e. The van der Waals surface area contributed by atoms with Crippen LogP contribution in [0.25, 0.3) is 0 Å². The molecule has 0 radical (unpaired) electrons. The Hall–Kier alpha value is -3.10. The van der Waals surface area contributed by atoms with Crippen LogP contribution in [0.3, 0.4) is 0 Å². The molecule has 0 atom stereocenters. The summed E-state index contributed by atoms with van der Waals surface area (Å²) in [5.41, 5.74) is 0.454. The van der Waals surface area contributed by atoms with Crippen LogP contribution in [0.2, 0.25) is 0 Å². The van der Waals surface area contributed by atoms with E-state index in [9.17, 15) is 22.4 Å². The summed E-state index contributed by atoms with van der Waals surface area (Å²) >= 11 is 0. The molecule has 166 valence electrons. The molecule has 0 unspecified atom stereocenters. The molecule has 0 bridgehead atoms. The number of nitrogens with one attached hydrogen (secondary N) is 3. The highest BCUT2D eigenvalue weighted by molar-refractivity contribution is 5.93. The predicted octanol–water partition coefficient (Wildman–Crippen LogP) is 4.45. The molecule has 3 rings (SSSR count). The molecular weight excluding hydrogens is 412 g/mol. The highest BCUT2D eigenvalue weighted by atomic mass is 19.4. The Balaban J connectivity index is 1.57. The summed E-state index contributed by atoms with van der Waals surface area (Å²) in [6.07, 6.45) is -1.74. The first-order valence-corrected chi connectivity index (χ1v) is 9.96. The minimum atomic E-state index is -4.65. The van der Waals surface area contributed by atoms with Crippen molar-refractivity contribution in [2.45, 2.75) is 38.5 Å². The second-order valence-electron chi connectivity index (χ2n) is 7.40. The lowest BCUT2D eigenvalue weighted by atomic mass is 9.85. The number of aliphatic imine (C=N–C) groups is 1. The molecule has 1 aliphatic rings. The minimum absolute atomic E-state index is 0.0219. The van der Waals surface area contributed by atoms with E-state index in [1.54, 1.807) is 6.07 Å². The van der Waals surface area contributed by atoms with Gasteiger partial charge in [0.2, 0.25) is 5.91 Å². The van der Waals surface area contributed by atoms with Crippen molar-refractivity contribution in [2.24, 2.45) is 10.9 Å². The van der Waals surface area contributed by atoms with Gasteiger partial charge in [-0.15, -0.1) is 0 Å². The number of guanidine groups is 1. The maximum absolute atomic E-state index is 13.2. The Morgan fingerprint density at radius 2 is 1.84 bits per heavy atom. The van der Waals surface area contributed by atoms with Gasteiger partial charge in [-0.3, -0.25) is 9.79 Å². The lowest BCUT2D eigenvalue weighted by Gasteiger charge is -2.24. The third-order valence-electron chi connectivity index (χ3n) is 5.18. The molecule has 5 nitrogen and oxygen atoms in total. The fourth-order valence-electron chi connectivity index (χ4n) is 3.23. The van der Waals surface area contributed by atoms with Crippen molar-refractivity contribution < 1.29 is 22.4 Å². The van der Waals surface area contributed by atoms with Gasteiger partial charge in [-0.05, 0) is 48.2 Å². The molecular formula is C22H24F4N4O. The fourth-order valence-corrected chi connectivity index (χ4v) is 3.23. The molecule has 2 aromatic rings. The highest BCUT2D eigenvalue weighted by Crippen LogP contribution is 2.32. The van der Waals surface area contributed by atoms with Gasteiger partial charge in [-0.2, -0.15) is 13.2 Å². The zero-order valence-corrected chi connectivity index (χ0v) is 17.0. The van der Waals surface area contributed by atoms with E-state index in [0.29, 0.717) is 24.3 Å². The SMILES string of the molecule is CN=C(NCc1cccc(NC(=O)C2CCC2)c1)NCc1ccc(F)cc1C(F)(F)F. The van der Waals surface area contributed by atoms with Crippen molar-refractivity contribution in [3.05, 3.63) is 65.0 Å². The second kappa shape index (κ2) is 9.80. The van der Waals surface area contributed by atoms with Crippen molar-refractivity contribution in [3.63, 3.8) is 0 Å². The van der Waals surface area contributed by atoms with Crippen molar-refractivity contribution in [1.82, 2.24) is 10.6 Å². The van der Waals surface area contributed by atoms with Crippen LogP contribution in [-0.2, 0) is 24.1 Å². The lowest BCUT2D eigenvalue weighted by Crippen LogP contribution is -2.36. The van der Waals surface area contributed by atoms with Gasteiger partial charge in [0.05, 0.1) is 5.56 Å². The third-order valence-corrected chi connectivity index (χ3v) is 5.18. The number of nitrogens with zero attached hydrogens (tertiary/aromatic N) is 1. The molecule has 31 heavy (non-hydrogen) atoms. The summed E-state index contributed by atoms with van der Waals surface area (Å²) in [5, 5.41) is 8.74. The Labute approximate surface area is 178 Å². The molecule has 1 saturated carbocycles. The maximum atomic E-state index is 13.2. The number of hydrogen-bond donors (Lipinski definition) is 3. The average molecular weight is 436 g/mol. The third kappa shape index (κ3) is 6.19. The van der Waals surface area contributed by atoms with E-state index < -0.39 is 17.6 Å². The van der Waals surface area contributed by atoms with E-state index in [-0.39, 0.29) is 23.9 Å². The van der Waals surface area contributed by atoms with Gasteiger partial charge in [0.25, 0.3) is 0 Å². The summed E-state index contributed by atoms with van der Waals surface area (Å²) in [6, 6.07) is 9.90. The number of benzene rings is 2. The van der Waals surface area contributed by atoms with Crippen molar-refractivity contribution in [3.8, 4) is 0 Å². The topological polar surface area (TPSA) is 65.5 Å². The summed E-state index contributed by atoms with van der Waals surface area (Å²) in [7, 11) is 1.50. The van der Waals surface area contributed by atoms with Crippen LogP contribution >= 0.6 is 0 Å². The first kappa shape index (κ1) is 22.6. The number of alkyl halides is 3. The van der Waals surface area contributed by atoms with E-state index >= 15 is 0 Å². The summed E-state index contributed by atoms with van der Waals surface area (Å²) in [4.78, 5) is 16.1. The number of carbonyl (C=O) groups excluding carboxylic acids is 1. The van der Waals surface area contributed by atoms with Crippen LogP contribution in [0.1, 0.15) is 36.0 Å². The molecule has 0 saturated heterocycles. The molecule has 1 aliphatic carbocycles. The molecule has 0 spiro atoms. The van der Waals surface area contributed by atoms with E-state index in [4.69, 9.17) is 0 Å². The Morgan fingerprint density at radius 1 is 1.10 bits per heavy atom. The number of amides is 1. The fraction of sp³-hybridized carbons (Fsp3) is 0.364. The Kier molecular flexibility index (Phi) is 7.14. The van der Waals surface area contributed by atoms with Crippen LogP contribution in [0, 0.1) is 11.7 Å². The van der Waals surface area contributed by atoms with E-state index in [2.05, 4.69) is 20.9 Å². The van der Waals surface area contributed by atoms with Crippen LogP contribution < -0.4 is 16.0 Å². The number of rotatable bonds is 6. The van der Waals surface area contributed by atoms with Crippen LogP contribution in [0.15, 0.2) is 47.5 Å². The zero-order valence-electron chi connectivity index (χ0n) is 17.0. The van der Waals surface area contributed by atoms with Gasteiger partial charge in [-0.25, -0.2) is 4.39 Å². The zero-order chi connectivity index (χ0) is 22.4. The normalized spacial score (nSPS) is 14.7. The summed E-state index contributed by atoms with van der Waals surface area (Å²) in [6.45, 7) is 0.175. The number of anilines is 1. The first-order valence-electron chi connectivity index (χ1n) is 9.96. The minimum Gasteiger partial charge on any atom is -0.352 e. The molecule has 9 heteroatoms. The van der Waals surface area contributed by atoms with Crippen LogP contribution in [0.4, 0.5) is 23.2 Å². The van der Waals surface area contributed by atoms with Gasteiger partial charge in [-0.1, -0.05) is 24.6 Å². The standard InChI is InChI=1S/C22H24F4N4O/c1-27-21(29-13-16-8-9-17(23)11-19(16)22(24,25)26)28-12-14-4-2-7-18(10-14)30-20(31)15-5-3-6-15/h2,4,7-11,15H,3,5-6,12-13H2,1H3,(H,30,31)(H2,27,28,29). The lowest BCUT2D eigenvalue weighted by molar-refractivity contribution is -0.138. The summed E-state index contributed by atoms with van der Waals surface area (Å²) < 4.78 is 52.7. The smallest absolute Gasteiger partial charge is 0.352 e. The molecule has 2 aromatic carbocycles. The van der Waals surface area contributed by atoms with Crippen molar-refractivity contribution >= 4 is 17.6 Å².